The second-order valence-corrected chi connectivity index (χ2v) is 5.51. The van der Waals surface area contributed by atoms with Crippen LogP contribution in [-0.2, 0) is 19.2 Å². The Morgan fingerprint density at radius 2 is 1.67 bits per heavy atom. The SMILES string of the molecule is CCC(C)C(NC(=O)C(C)NC(=O)CNC(=O)C(N)CO)C(=O)O. The number of aliphatic hydroxyl groups excluding tert-OH is 1. The van der Waals surface area contributed by atoms with Crippen molar-refractivity contribution in [2.24, 2.45) is 11.7 Å². The summed E-state index contributed by atoms with van der Waals surface area (Å²) in [5, 5.41) is 24.7. The molecule has 4 atom stereocenters. The lowest BCUT2D eigenvalue weighted by molar-refractivity contribution is -0.143. The molecule has 0 spiro atoms. The molecule has 4 unspecified atom stereocenters. The third kappa shape index (κ3) is 7.38. The highest BCUT2D eigenvalue weighted by Gasteiger charge is 2.27. The van der Waals surface area contributed by atoms with E-state index in [1.54, 1.807) is 13.8 Å². The van der Waals surface area contributed by atoms with Crippen LogP contribution in [0, 0.1) is 5.92 Å². The number of carboxylic acids is 1. The van der Waals surface area contributed by atoms with Crippen molar-refractivity contribution < 1.29 is 29.4 Å². The molecular formula is C14H26N4O6. The molecule has 0 aromatic heterocycles. The smallest absolute Gasteiger partial charge is 0.326 e. The van der Waals surface area contributed by atoms with Crippen molar-refractivity contribution in [3.8, 4) is 0 Å². The summed E-state index contributed by atoms with van der Waals surface area (Å²) < 4.78 is 0. The van der Waals surface area contributed by atoms with Crippen LogP contribution < -0.4 is 21.7 Å². The number of carbonyl (C=O) groups excluding carboxylic acids is 3. The van der Waals surface area contributed by atoms with Gasteiger partial charge in [-0.25, -0.2) is 4.79 Å². The Morgan fingerprint density at radius 1 is 1.08 bits per heavy atom. The van der Waals surface area contributed by atoms with Gasteiger partial charge in [-0.2, -0.15) is 0 Å². The van der Waals surface area contributed by atoms with E-state index in [1.165, 1.54) is 6.92 Å². The van der Waals surface area contributed by atoms with Crippen molar-refractivity contribution in [2.75, 3.05) is 13.2 Å². The predicted octanol–water partition coefficient (Wildman–Crippen LogP) is -2.46. The standard InChI is InChI=1S/C14H26N4O6/c1-4-7(2)11(14(23)24)18-12(21)8(3)17-10(20)5-16-13(22)9(15)6-19/h7-9,11,19H,4-6,15H2,1-3H3,(H,16,22)(H,17,20)(H,18,21)(H,23,24). The van der Waals surface area contributed by atoms with Crippen LogP contribution in [0.1, 0.15) is 27.2 Å². The summed E-state index contributed by atoms with van der Waals surface area (Å²) in [5.74, 6) is -3.41. The molecule has 0 aliphatic rings. The molecule has 10 heteroatoms. The average molecular weight is 346 g/mol. The first kappa shape index (κ1) is 21.8. The van der Waals surface area contributed by atoms with E-state index in [9.17, 15) is 19.2 Å². The lowest BCUT2D eigenvalue weighted by Gasteiger charge is -2.22. The maximum absolute atomic E-state index is 12.0. The Morgan fingerprint density at radius 3 is 2.12 bits per heavy atom. The van der Waals surface area contributed by atoms with Gasteiger partial charge in [-0.3, -0.25) is 14.4 Å². The number of nitrogens with two attached hydrogens (primary N) is 1. The van der Waals surface area contributed by atoms with Gasteiger partial charge in [-0.1, -0.05) is 20.3 Å². The highest BCUT2D eigenvalue weighted by atomic mass is 16.4. The number of rotatable bonds is 10. The van der Waals surface area contributed by atoms with Crippen LogP contribution >= 0.6 is 0 Å². The fourth-order valence-electron chi connectivity index (χ4n) is 1.70. The van der Waals surface area contributed by atoms with Crippen LogP contribution in [0.15, 0.2) is 0 Å². The normalized spacial score (nSPS) is 15.5. The third-order valence-electron chi connectivity index (χ3n) is 3.50. The second-order valence-electron chi connectivity index (χ2n) is 5.51. The summed E-state index contributed by atoms with van der Waals surface area (Å²) in [5.41, 5.74) is 5.26. The fourth-order valence-corrected chi connectivity index (χ4v) is 1.70. The minimum absolute atomic E-state index is 0.270. The Bertz CT molecular complexity index is 470. The molecule has 0 bridgehead atoms. The van der Waals surface area contributed by atoms with Gasteiger partial charge in [0.2, 0.25) is 17.7 Å². The molecule has 0 saturated heterocycles. The van der Waals surface area contributed by atoms with E-state index >= 15 is 0 Å². The first-order valence-corrected chi connectivity index (χ1v) is 7.60. The first-order valence-electron chi connectivity index (χ1n) is 7.60. The van der Waals surface area contributed by atoms with Crippen LogP contribution in [0.25, 0.3) is 0 Å². The van der Waals surface area contributed by atoms with Gasteiger partial charge in [0.05, 0.1) is 13.2 Å². The van der Waals surface area contributed by atoms with Gasteiger partial charge in [0.25, 0.3) is 0 Å². The number of carboxylic acid groups (broad SMARTS) is 1. The molecule has 0 radical (unpaired) electrons. The maximum atomic E-state index is 12.0. The monoisotopic (exact) mass is 346 g/mol. The van der Waals surface area contributed by atoms with Crippen molar-refractivity contribution in [1.29, 1.82) is 0 Å². The molecule has 0 rings (SSSR count). The van der Waals surface area contributed by atoms with E-state index < -0.39 is 55.0 Å². The molecule has 0 heterocycles. The summed E-state index contributed by atoms with van der Waals surface area (Å²) in [6, 6.07) is -3.17. The Hall–Kier alpha value is -2.20. The molecule has 7 N–H and O–H groups in total. The summed E-state index contributed by atoms with van der Waals surface area (Å²) in [7, 11) is 0. The van der Waals surface area contributed by atoms with Crippen LogP contribution in [0.5, 0.6) is 0 Å². The van der Waals surface area contributed by atoms with E-state index in [-0.39, 0.29) is 5.92 Å². The molecule has 0 aromatic rings. The number of hydrogen-bond donors (Lipinski definition) is 6. The van der Waals surface area contributed by atoms with E-state index in [4.69, 9.17) is 15.9 Å². The van der Waals surface area contributed by atoms with Crippen LogP contribution in [0.3, 0.4) is 0 Å². The van der Waals surface area contributed by atoms with Gasteiger partial charge in [0, 0.05) is 0 Å². The zero-order valence-electron chi connectivity index (χ0n) is 14.0. The maximum Gasteiger partial charge on any atom is 0.326 e. The van der Waals surface area contributed by atoms with Crippen LogP contribution in [0.2, 0.25) is 0 Å². The molecule has 24 heavy (non-hydrogen) atoms. The minimum Gasteiger partial charge on any atom is -0.480 e. The Labute approximate surface area is 140 Å². The van der Waals surface area contributed by atoms with E-state index in [1.807, 2.05) is 0 Å². The van der Waals surface area contributed by atoms with Crippen molar-refractivity contribution in [3.05, 3.63) is 0 Å². The molecule has 10 nitrogen and oxygen atoms in total. The average Bonchev–Trinajstić information content (AvgIpc) is 2.55. The summed E-state index contributed by atoms with van der Waals surface area (Å²) in [6.07, 6.45) is 0.565. The third-order valence-corrected chi connectivity index (χ3v) is 3.50. The van der Waals surface area contributed by atoms with Gasteiger partial charge in [0.1, 0.15) is 18.1 Å². The zero-order chi connectivity index (χ0) is 18.9. The highest BCUT2D eigenvalue weighted by molar-refractivity contribution is 5.92. The van der Waals surface area contributed by atoms with Gasteiger partial charge in [0.15, 0.2) is 0 Å². The topological polar surface area (TPSA) is 171 Å². The van der Waals surface area contributed by atoms with E-state index in [0.29, 0.717) is 6.42 Å². The second kappa shape index (κ2) is 10.6. The van der Waals surface area contributed by atoms with Crippen molar-refractivity contribution in [3.63, 3.8) is 0 Å². The van der Waals surface area contributed by atoms with Crippen molar-refractivity contribution >= 4 is 23.7 Å². The number of nitrogens with one attached hydrogen (secondary N) is 3. The van der Waals surface area contributed by atoms with E-state index in [0.717, 1.165) is 0 Å². The quantitative estimate of drug-likeness (QED) is 0.255. The molecule has 0 saturated carbocycles. The predicted molar refractivity (Wildman–Crippen MR) is 84.7 cm³/mol. The fraction of sp³-hybridized carbons (Fsp3) is 0.714. The Kier molecular flexibility index (Phi) is 9.58. The zero-order valence-corrected chi connectivity index (χ0v) is 14.0. The molecule has 0 aromatic carbocycles. The summed E-state index contributed by atoms with van der Waals surface area (Å²) in [4.78, 5) is 46.1. The molecular weight excluding hydrogens is 320 g/mol. The minimum atomic E-state index is -1.15. The Balaban J connectivity index is 4.46. The number of carbonyl (C=O) groups is 4. The lowest BCUT2D eigenvalue weighted by atomic mass is 9.99. The number of aliphatic hydroxyl groups is 1. The first-order chi connectivity index (χ1) is 11.1. The van der Waals surface area contributed by atoms with Gasteiger partial charge >= 0.3 is 5.97 Å². The largest absolute Gasteiger partial charge is 0.480 e. The van der Waals surface area contributed by atoms with Crippen LogP contribution in [-0.4, -0.2) is 65.2 Å². The number of hydrogen-bond acceptors (Lipinski definition) is 6. The van der Waals surface area contributed by atoms with E-state index in [2.05, 4.69) is 16.0 Å². The van der Waals surface area contributed by atoms with Gasteiger partial charge < -0.3 is 31.9 Å². The lowest BCUT2D eigenvalue weighted by Crippen LogP contribution is -2.54. The molecule has 0 fully saturated rings. The molecule has 0 aliphatic heterocycles. The molecule has 0 aliphatic carbocycles. The van der Waals surface area contributed by atoms with Crippen molar-refractivity contribution in [2.45, 2.75) is 45.3 Å². The van der Waals surface area contributed by atoms with Gasteiger partial charge in [-0.05, 0) is 12.8 Å². The van der Waals surface area contributed by atoms with Gasteiger partial charge in [-0.15, -0.1) is 0 Å². The number of aliphatic carboxylic acids is 1. The van der Waals surface area contributed by atoms with Crippen molar-refractivity contribution in [1.82, 2.24) is 16.0 Å². The number of amides is 3. The molecule has 138 valence electrons. The molecule has 3 amide bonds. The van der Waals surface area contributed by atoms with Crippen LogP contribution in [0.4, 0.5) is 0 Å². The highest BCUT2D eigenvalue weighted by Crippen LogP contribution is 2.08. The summed E-state index contributed by atoms with van der Waals surface area (Å²) in [6.45, 7) is 3.92. The summed E-state index contributed by atoms with van der Waals surface area (Å²) >= 11 is 0.